The van der Waals surface area contributed by atoms with Gasteiger partial charge in [0.05, 0.1) is 0 Å². The summed E-state index contributed by atoms with van der Waals surface area (Å²) in [5.74, 6) is 1.26. The molecule has 4 nitrogen and oxygen atoms in total. The summed E-state index contributed by atoms with van der Waals surface area (Å²) in [6.07, 6.45) is 7.46. The van der Waals surface area contributed by atoms with Gasteiger partial charge in [0.1, 0.15) is 0 Å². The molecular formula is C27H37N3OS. The summed E-state index contributed by atoms with van der Waals surface area (Å²) in [4.78, 5) is 16.0. The van der Waals surface area contributed by atoms with Gasteiger partial charge in [-0.15, -0.1) is 0 Å². The molecule has 0 aromatic heterocycles. The van der Waals surface area contributed by atoms with E-state index in [1.54, 1.807) is 0 Å². The third-order valence-corrected chi connectivity index (χ3v) is 8.33. The van der Waals surface area contributed by atoms with E-state index in [0.29, 0.717) is 0 Å². The molecule has 1 saturated carbocycles. The van der Waals surface area contributed by atoms with Gasteiger partial charge < -0.3 is 5.32 Å². The molecule has 2 fully saturated rings. The Balaban J connectivity index is 1.44. The Kier molecular flexibility index (Phi) is 8.28. The molecule has 2 aromatic rings. The Morgan fingerprint density at radius 2 is 1.62 bits per heavy atom. The Morgan fingerprint density at radius 3 is 2.34 bits per heavy atom. The quantitative estimate of drug-likeness (QED) is 0.541. The molecule has 1 aliphatic heterocycles. The van der Waals surface area contributed by atoms with Gasteiger partial charge in [-0.05, 0) is 36.5 Å². The van der Waals surface area contributed by atoms with Gasteiger partial charge in [0.25, 0.3) is 5.91 Å². The molecule has 0 bridgehead atoms. The number of nitrogens with zero attached hydrogens (tertiary/aromatic N) is 2. The number of carbonyl (C=O) groups excluding carboxylic acids is 1. The van der Waals surface area contributed by atoms with Gasteiger partial charge in [0.15, 0.2) is 0 Å². The lowest BCUT2D eigenvalue weighted by Gasteiger charge is -2.49. The maximum Gasteiger partial charge on any atom is 0.251 e. The van der Waals surface area contributed by atoms with E-state index < -0.39 is 0 Å². The summed E-state index contributed by atoms with van der Waals surface area (Å²) < 4.78 is 2.53. The van der Waals surface area contributed by atoms with Crippen molar-refractivity contribution in [2.24, 2.45) is 0 Å². The van der Waals surface area contributed by atoms with Crippen molar-refractivity contribution >= 4 is 17.9 Å². The molecule has 4 rings (SSSR count). The van der Waals surface area contributed by atoms with Crippen LogP contribution < -0.4 is 5.32 Å². The van der Waals surface area contributed by atoms with Gasteiger partial charge in [-0.2, -0.15) is 0 Å². The number of nitrogens with one attached hydrogen (secondary N) is 1. The summed E-state index contributed by atoms with van der Waals surface area (Å²) >= 11 is 2.00. The van der Waals surface area contributed by atoms with E-state index in [9.17, 15) is 4.79 Å². The van der Waals surface area contributed by atoms with E-state index in [0.717, 1.165) is 49.4 Å². The second-order valence-electron chi connectivity index (χ2n) is 9.13. The predicted molar refractivity (Wildman–Crippen MR) is 136 cm³/mol. The summed E-state index contributed by atoms with van der Waals surface area (Å²) in [6.45, 7) is 7.45. The molecule has 1 saturated heterocycles. The largest absolute Gasteiger partial charge is 0.350 e. The van der Waals surface area contributed by atoms with Crippen LogP contribution >= 0.6 is 11.9 Å². The van der Waals surface area contributed by atoms with Crippen LogP contribution in [0.4, 0.5) is 0 Å². The lowest BCUT2D eigenvalue weighted by molar-refractivity contribution is 0.0256. The Morgan fingerprint density at radius 1 is 0.938 bits per heavy atom. The molecule has 1 aliphatic carbocycles. The van der Waals surface area contributed by atoms with E-state index in [2.05, 4.69) is 33.6 Å². The number of piperazine rings is 1. The van der Waals surface area contributed by atoms with Crippen LogP contribution in [0.15, 0.2) is 54.6 Å². The topological polar surface area (TPSA) is 35.6 Å². The fraction of sp³-hybridized carbons (Fsp3) is 0.519. The van der Waals surface area contributed by atoms with Gasteiger partial charge in [-0.1, -0.05) is 86.7 Å². The number of benzene rings is 2. The minimum atomic E-state index is 0.0477. The molecule has 0 spiro atoms. The lowest BCUT2D eigenvalue weighted by atomic mass is 9.79. The van der Waals surface area contributed by atoms with Gasteiger partial charge >= 0.3 is 0 Å². The van der Waals surface area contributed by atoms with Crippen LogP contribution in [-0.4, -0.2) is 59.1 Å². The highest BCUT2D eigenvalue weighted by molar-refractivity contribution is 7.97. The molecule has 0 unspecified atom stereocenters. The summed E-state index contributed by atoms with van der Waals surface area (Å²) in [7, 11) is 0. The second kappa shape index (κ2) is 11.4. The maximum atomic E-state index is 13.3. The van der Waals surface area contributed by atoms with Crippen LogP contribution in [0.2, 0.25) is 0 Å². The highest BCUT2D eigenvalue weighted by Gasteiger charge is 2.39. The monoisotopic (exact) mass is 451 g/mol. The van der Waals surface area contributed by atoms with Crippen molar-refractivity contribution in [3.05, 3.63) is 60.2 Å². The van der Waals surface area contributed by atoms with Gasteiger partial charge in [-0.25, -0.2) is 4.31 Å². The van der Waals surface area contributed by atoms with E-state index >= 15 is 0 Å². The maximum absolute atomic E-state index is 13.3. The van der Waals surface area contributed by atoms with Crippen molar-refractivity contribution in [3.63, 3.8) is 0 Å². The van der Waals surface area contributed by atoms with Crippen LogP contribution in [0.5, 0.6) is 0 Å². The minimum Gasteiger partial charge on any atom is -0.350 e. The van der Waals surface area contributed by atoms with Crippen molar-refractivity contribution < 1.29 is 4.79 Å². The summed E-state index contributed by atoms with van der Waals surface area (Å²) in [5, 5.41) is 3.36. The third kappa shape index (κ3) is 5.56. The summed E-state index contributed by atoms with van der Waals surface area (Å²) in [6, 6.07) is 18.2. The standard InChI is InChI=1S/C27H37N3OS/c1-2-21-32-30-19-17-29(18-20-30)27(15-9-4-10-16-27)22-28-26(31)25-14-8-7-13-24(25)23-11-5-3-6-12-23/h3,5-8,11-14H,2,4,9-10,15-22H2,1H3,(H,28,31). The van der Waals surface area contributed by atoms with Gasteiger partial charge in [-0.3, -0.25) is 9.69 Å². The zero-order valence-corrected chi connectivity index (χ0v) is 20.2. The Bertz CT molecular complexity index is 858. The predicted octanol–water partition coefficient (Wildman–Crippen LogP) is 5.46. The number of amides is 1. The molecule has 172 valence electrons. The van der Waals surface area contributed by atoms with Crippen LogP contribution in [-0.2, 0) is 0 Å². The minimum absolute atomic E-state index is 0.0477. The van der Waals surface area contributed by atoms with Crippen molar-refractivity contribution in [3.8, 4) is 11.1 Å². The van der Waals surface area contributed by atoms with Crippen LogP contribution in [0.3, 0.4) is 0 Å². The number of rotatable bonds is 8. The highest BCUT2D eigenvalue weighted by atomic mass is 32.2. The first-order chi connectivity index (χ1) is 15.7. The fourth-order valence-electron chi connectivity index (χ4n) is 5.22. The average Bonchev–Trinajstić information content (AvgIpc) is 2.87. The fourth-order valence-corrected chi connectivity index (χ4v) is 6.08. The Hall–Kier alpha value is -1.82. The number of hydrogen-bond acceptors (Lipinski definition) is 4. The molecular weight excluding hydrogens is 414 g/mol. The first-order valence-electron chi connectivity index (χ1n) is 12.3. The first kappa shape index (κ1) is 23.3. The smallest absolute Gasteiger partial charge is 0.251 e. The molecule has 0 atom stereocenters. The molecule has 1 heterocycles. The molecule has 1 N–H and O–H groups in total. The SMILES string of the molecule is CCCSN1CCN(C2(CNC(=O)c3ccccc3-c3ccccc3)CCCCC2)CC1. The molecule has 2 aromatic carbocycles. The van der Waals surface area contributed by atoms with Crippen molar-refractivity contribution in [1.82, 2.24) is 14.5 Å². The van der Waals surface area contributed by atoms with E-state index in [1.807, 2.05) is 54.4 Å². The van der Waals surface area contributed by atoms with Crippen LogP contribution in [0.25, 0.3) is 11.1 Å². The van der Waals surface area contributed by atoms with Gasteiger partial charge in [0, 0.05) is 49.6 Å². The zero-order chi connectivity index (χ0) is 22.2. The van der Waals surface area contributed by atoms with Crippen LogP contribution in [0.1, 0.15) is 55.8 Å². The molecule has 5 heteroatoms. The van der Waals surface area contributed by atoms with Crippen LogP contribution in [0, 0.1) is 0 Å². The highest BCUT2D eigenvalue weighted by Crippen LogP contribution is 2.35. The van der Waals surface area contributed by atoms with E-state index in [1.165, 1.54) is 44.3 Å². The average molecular weight is 452 g/mol. The normalized spacial score (nSPS) is 19.5. The van der Waals surface area contributed by atoms with E-state index in [-0.39, 0.29) is 11.4 Å². The number of hydrogen-bond donors (Lipinski definition) is 1. The number of carbonyl (C=O) groups is 1. The molecule has 0 radical (unpaired) electrons. The van der Waals surface area contributed by atoms with E-state index in [4.69, 9.17) is 0 Å². The molecule has 32 heavy (non-hydrogen) atoms. The Labute approximate surface area is 197 Å². The third-order valence-electron chi connectivity index (χ3n) is 7.01. The lowest BCUT2D eigenvalue weighted by Crippen LogP contribution is -2.61. The molecule has 2 aliphatic rings. The van der Waals surface area contributed by atoms with Crippen molar-refractivity contribution in [1.29, 1.82) is 0 Å². The first-order valence-corrected chi connectivity index (χ1v) is 13.2. The van der Waals surface area contributed by atoms with Crippen molar-refractivity contribution in [2.75, 3.05) is 38.5 Å². The molecule has 1 amide bonds. The van der Waals surface area contributed by atoms with Crippen molar-refractivity contribution in [2.45, 2.75) is 51.0 Å². The second-order valence-corrected chi connectivity index (χ2v) is 10.3. The zero-order valence-electron chi connectivity index (χ0n) is 19.4. The summed E-state index contributed by atoms with van der Waals surface area (Å²) in [5.41, 5.74) is 2.97. The van der Waals surface area contributed by atoms with Gasteiger partial charge in [0.2, 0.25) is 0 Å².